The van der Waals surface area contributed by atoms with Crippen LogP contribution >= 0.6 is 0 Å². The standard InChI is InChI=1S/C25H21NO6/c1-29-20-7-5-4-6-17(20)25(28)26-16-9-11-21-18(13-16)19(27)14-23(32-21)15-8-10-22(30-2)24(12-15)31-3/h4-14H,1-3H3,(H,26,28). The lowest BCUT2D eigenvalue weighted by Crippen LogP contribution is -2.13. The van der Waals surface area contributed by atoms with E-state index in [-0.39, 0.29) is 11.3 Å². The van der Waals surface area contributed by atoms with E-state index in [1.54, 1.807) is 74.9 Å². The predicted octanol–water partition coefficient (Wildman–Crippen LogP) is 4.74. The van der Waals surface area contributed by atoms with Crippen molar-refractivity contribution in [2.45, 2.75) is 0 Å². The smallest absolute Gasteiger partial charge is 0.259 e. The lowest BCUT2D eigenvalue weighted by atomic mass is 10.1. The minimum Gasteiger partial charge on any atom is -0.496 e. The molecule has 0 radical (unpaired) electrons. The average Bonchev–Trinajstić information content (AvgIpc) is 2.83. The molecule has 4 aromatic rings. The number of benzene rings is 3. The molecule has 1 heterocycles. The minimum absolute atomic E-state index is 0.232. The fourth-order valence-corrected chi connectivity index (χ4v) is 3.40. The van der Waals surface area contributed by atoms with Crippen LogP contribution in [0.5, 0.6) is 17.2 Å². The Balaban J connectivity index is 1.67. The van der Waals surface area contributed by atoms with E-state index in [0.29, 0.717) is 50.8 Å². The molecule has 0 spiro atoms. The van der Waals surface area contributed by atoms with Crippen LogP contribution in [0.4, 0.5) is 5.69 Å². The Morgan fingerprint density at radius 2 is 1.56 bits per heavy atom. The third-order valence-corrected chi connectivity index (χ3v) is 5.00. The summed E-state index contributed by atoms with van der Waals surface area (Å²) in [5.74, 6) is 1.63. The third kappa shape index (κ3) is 4.00. The largest absolute Gasteiger partial charge is 0.496 e. The fourth-order valence-electron chi connectivity index (χ4n) is 3.40. The summed E-state index contributed by atoms with van der Waals surface area (Å²) in [5, 5.41) is 3.15. The van der Waals surface area contributed by atoms with E-state index in [1.807, 2.05) is 0 Å². The monoisotopic (exact) mass is 431 g/mol. The number of carbonyl (C=O) groups is 1. The lowest BCUT2D eigenvalue weighted by Gasteiger charge is -2.11. The molecule has 1 N–H and O–H groups in total. The van der Waals surface area contributed by atoms with Crippen molar-refractivity contribution in [3.8, 4) is 28.6 Å². The van der Waals surface area contributed by atoms with Crippen molar-refractivity contribution in [3.05, 3.63) is 82.5 Å². The number of amides is 1. The van der Waals surface area contributed by atoms with Gasteiger partial charge in [0.05, 0.1) is 32.3 Å². The summed E-state index contributed by atoms with van der Waals surface area (Å²) in [6, 6.07) is 18.5. The number of nitrogens with one attached hydrogen (secondary N) is 1. The van der Waals surface area contributed by atoms with Gasteiger partial charge in [-0.15, -0.1) is 0 Å². The molecular weight excluding hydrogens is 410 g/mol. The fraction of sp³-hybridized carbons (Fsp3) is 0.120. The summed E-state index contributed by atoms with van der Waals surface area (Å²) < 4.78 is 21.8. The first-order chi connectivity index (χ1) is 15.5. The molecule has 0 fully saturated rings. The first kappa shape index (κ1) is 21.0. The van der Waals surface area contributed by atoms with Gasteiger partial charge in [-0.2, -0.15) is 0 Å². The summed E-state index contributed by atoms with van der Waals surface area (Å²) in [4.78, 5) is 25.5. The van der Waals surface area contributed by atoms with Crippen LogP contribution in [0, 0.1) is 0 Å². The van der Waals surface area contributed by atoms with Crippen LogP contribution in [-0.2, 0) is 0 Å². The van der Waals surface area contributed by atoms with E-state index in [2.05, 4.69) is 5.32 Å². The van der Waals surface area contributed by atoms with Gasteiger partial charge < -0.3 is 23.9 Å². The van der Waals surface area contributed by atoms with Crippen LogP contribution < -0.4 is 25.0 Å². The summed E-state index contributed by atoms with van der Waals surface area (Å²) >= 11 is 0. The molecule has 0 aliphatic rings. The number of ether oxygens (including phenoxy) is 3. The van der Waals surface area contributed by atoms with Crippen LogP contribution in [0.15, 0.2) is 75.9 Å². The van der Waals surface area contributed by atoms with Crippen LogP contribution in [0.2, 0.25) is 0 Å². The van der Waals surface area contributed by atoms with Crippen molar-refractivity contribution in [3.63, 3.8) is 0 Å². The number of anilines is 1. The van der Waals surface area contributed by atoms with Gasteiger partial charge in [0, 0.05) is 17.3 Å². The number of rotatable bonds is 6. The van der Waals surface area contributed by atoms with Gasteiger partial charge in [0.2, 0.25) is 0 Å². The van der Waals surface area contributed by atoms with E-state index in [1.165, 1.54) is 13.2 Å². The number of carbonyl (C=O) groups excluding carboxylic acids is 1. The van der Waals surface area contributed by atoms with Gasteiger partial charge in [-0.05, 0) is 48.5 Å². The Kier molecular flexibility index (Phi) is 5.81. The Morgan fingerprint density at radius 3 is 2.31 bits per heavy atom. The molecule has 7 nitrogen and oxygen atoms in total. The van der Waals surface area contributed by atoms with Crippen LogP contribution in [-0.4, -0.2) is 27.2 Å². The highest BCUT2D eigenvalue weighted by molar-refractivity contribution is 6.06. The van der Waals surface area contributed by atoms with Crippen molar-refractivity contribution >= 4 is 22.6 Å². The van der Waals surface area contributed by atoms with E-state index < -0.39 is 0 Å². The highest BCUT2D eigenvalue weighted by Gasteiger charge is 2.14. The molecule has 7 heteroatoms. The number of para-hydroxylation sites is 1. The van der Waals surface area contributed by atoms with Gasteiger partial charge in [-0.3, -0.25) is 9.59 Å². The number of hydrogen-bond donors (Lipinski definition) is 1. The topological polar surface area (TPSA) is 87.0 Å². The van der Waals surface area contributed by atoms with Crippen molar-refractivity contribution in [1.29, 1.82) is 0 Å². The Hall–Kier alpha value is -4.26. The van der Waals surface area contributed by atoms with Crippen molar-refractivity contribution < 1.29 is 23.4 Å². The number of hydrogen-bond acceptors (Lipinski definition) is 6. The van der Waals surface area contributed by atoms with Gasteiger partial charge in [0.15, 0.2) is 16.9 Å². The summed E-state index contributed by atoms with van der Waals surface area (Å²) in [6.07, 6.45) is 0. The van der Waals surface area contributed by atoms with Gasteiger partial charge in [-0.25, -0.2) is 0 Å². The number of methoxy groups -OCH3 is 3. The van der Waals surface area contributed by atoms with Crippen molar-refractivity contribution in [1.82, 2.24) is 0 Å². The second-order valence-electron chi connectivity index (χ2n) is 6.91. The molecule has 1 aromatic heterocycles. The highest BCUT2D eigenvalue weighted by atomic mass is 16.5. The van der Waals surface area contributed by atoms with Gasteiger partial charge in [-0.1, -0.05) is 12.1 Å². The van der Waals surface area contributed by atoms with E-state index in [4.69, 9.17) is 18.6 Å². The van der Waals surface area contributed by atoms with Gasteiger partial charge >= 0.3 is 0 Å². The Morgan fingerprint density at radius 1 is 0.812 bits per heavy atom. The van der Waals surface area contributed by atoms with Gasteiger partial charge in [0.1, 0.15) is 17.1 Å². The van der Waals surface area contributed by atoms with E-state index in [9.17, 15) is 9.59 Å². The Labute approximate surface area is 184 Å². The summed E-state index contributed by atoms with van der Waals surface area (Å²) in [7, 11) is 4.60. The molecule has 0 aliphatic heterocycles. The second-order valence-corrected chi connectivity index (χ2v) is 6.91. The first-order valence-electron chi connectivity index (χ1n) is 9.78. The van der Waals surface area contributed by atoms with Crippen LogP contribution in [0.1, 0.15) is 10.4 Å². The minimum atomic E-state index is -0.340. The predicted molar refractivity (Wildman–Crippen MR) is 122 cm³/mol. The normalized spacial score (nSPS) is 10.6. The van der Waals surface area contributed by atoms with E-state index >= 15 is 0 Å². The zero-order valence-corrected chi connectivity index (χ0v) is 17.8. The van der Waals surface area contributed by atoms with Crippen LogP contribution in [0.25, 0.3) is 22.3 Å². The van der Waals surface area contributed by atoms with E-state index in [0.717, 1.165) is 0 Å². The molecule has 0 saturated heterocycles. The van der Waals surface area contributed by atoms with Crippen molar-refractivity contribution in [2.24, 2.45) is 0 Å². The maximum Gasteiger partial charge on any atom is 0.259 e. The van der Waals surface area contributed by atoms with Crippen LogP contribution in [0.3, 0.4) is 0 Å². The molecule has 1 amide bonds. The third-order valence-electron chi connectivity index (χ3n) is 5.00. The summed E-state index contributed by atoms with van der Waals surface area (Å²) in [6.45, 7) is 0. The van der Waals surface area contributed by atoms with Gasteiger partial charge in [0.25, 0.3) is 5.91 Å². The second kappa shape index (κ2) is 8.85. The SMILES string of the molecule is COc1ccc(-c2cc(=O)c3cc(NC(=O)c4ccccc4OC)ccc3o2)cc1OC. The first-order valence-corrected chi connectivity index (χ1v) is 9.78. The molecule has 0 saturated carbocycles. The average molecular weight is 431 g/mol. The molecule has 0 aliphatic carbocycles. The maximum absolute atomic E-state index is 12.8. The quantitative estimate of drug-likeness (QED) is 0.475. The van der Waals surface area contributed by atoms with Crippen molar-refractivity contribution in [2.75, 3.05) is 26.6 Å². The molecule has 3 aromatic carbocycles. The molecule has 0 unspecified atom stereocenters. The zero-order chi connectivity index (χ0) is 22.7. The maximum atomic E-state index is 12.8. The molecule has 162 valence electrons. The summed E-state index contributed by atoms with van der Waals surface area (Å²) in [5.41, 5.74) is 1.71. The molecule has 4 rings (SSSR count). The Bertz CT molecular complexity index is 1360. The molecule has 32 heavy (non-hydrogen) atoms. The molecule has 0 atom stereocenters. The lowest BCUT2D eigenvalue weighted by molar-refractivity contribution is 0.102. The highest BCUT2D eigenvalue weighted by Crippen LogP contribution is 2.33. The molecule has 0 bridgehead atoms. The number of fused-ring (bicyclic) bond motifs is 1. The molecular formula is C25H21NO6. The zero-order valence-electron chi connectivity index (χ0n) is 17.8.